The largest absolute Gasteiger partial charge is 0.324 e. The lowest BCUT2D eigenvalue weighted by atomic mass is 10.1. The van der Waals surface area contributed by atoms with E-state index in [1.807, 2.05) is 6.92 Å². The summed E-state index contributed by atoms with van der Waals surface area (Å²) in [6.07, 6.45) is -0.444. The topological polar surface area (TPSA) is 52.0 Å². The average Bonchev–Trinajstić information content (AvgIpc) is 2.02. The molecule has 0 heterocycles. The van der Waals surface area contributed by atoms with Gasteiger partial charge in [0.05, 0.1) is 6.04 Å². The Morgan fingerprint density at radius 3 is 2.25 bits per heavy atom. The van der Waals surface area contributed by atoms with Gasteiger partial charge in [-0.2, -0.15) is 0 Å². The van der Waals surface area contributed by atoms with E-state index in [-0.39, 0.29) is 6.04 Å². The summed E-state index contributed by atoms with van der Waals surface area (Å²) in [6.45, 7) is 3.62. The fourth-order valence-corrected chi connectivity index (χ4v) is 0.822. The van der Waals surface area contributed by atoms with Crippen LogP contribution in [0.25, 0.3) is 0 Å². The van der Waals surface area contributed by atoms with Gasteiger partial charge in [0.15, 0.2) is 0 Å². The quantitative estimate of drug-likeness (QED) is 0.637. The molecule has 0 saturated carbocycles. The first-order valence-corrected chi connectivity index (χ1v) is 3.96. The van der Waals surface area contributed by atoms with Crippen molar-refractivity contribution in [1.29, 1.82) is 0 Å². The monoisotopic (exact) mass is 178 g/mol. The summed E-state index contributed by atoms with van der Waals surface area (Å²) >= 11 is 0. The van der Waals surface area contributed by atoms with Crippen LogP contribution >= 0.6 is 0 Å². The van der Waals surface area contributed by atoms with Gasteiger partial charge in [0.2, 0.25) is 0 Å². The number of alkyl halides is 2. The zero-order valence-electron chi connectivity index (χ0n) is 7.43. The Hall–Kier alpha value is -0.480. The highest BCUT2D eigenvalue weighted by Gasteiger charge is 2.13. The number of halogens is 2. The van der Waals surface area contributed by atoms with Crippen LogP contribution in [0.15, 0.2) is 11.6 Å². The van der Waals surface area contributed by atoms with Crippen LogP contribution < -0.4 is 11.5 Å². The standard InChI is InChI=1S/C8H16F2N2/c1-3-6(11)5(2)4-7(12)8(9)10/h4,6-8H,3,11-12H2,1-2H3/b5-4+. The van der Waals surface area contributed by atoms with Crippen molar-refractivity contribution in [3.8, 4) is 0 Å². The van der Waals surface area contributed by atoms with Gasteiger partial charge in [0.1, 0.15) is 0 Å². The van der Waals surface area contributed by atoms with Crippen molar-refractivity contribution in [3.05, 3.63) is 11.6 Å². The Balaban J connectivity index is 4.14. The minimum atomic E-state index is -2.51. The van der Waals surface area contributed by atoms with E-state index < -0.39 is 12.5 Å². The second-order valence-corrected chi connectivity index (χ2v) is 2.84. The molecule has 0 aliphatic heterocycles. The molecule has 0 aromatic rings. The zero-order chi connectivity index (χ0) is 9.72. The Morgan fingerprint density at radius 2 is 1.92 bits per heavy atom. The van der Waals surface area contributed by atoms with Crippen LogP contribution in [0.4, 0.5) is 8.78 Å². The molecule has 0 aliphatic carbocycles. The molecule has 0 aromatic carbocycles. The molecule has 4 heteroatoms. The summed E-state index contributed by atoms with van der Waals surface area (Å²) in [5, 5.41) is 0. The second kappa shape index (κ2) is 5.22. The first kappa shape index (κ1) is 11.5. The van der Waals surface area contributed by atoms with Crippen molar-refractivity contribution in [1.82, 2.24) is 0 Å². The highest BCUT2D eigenvalue weighted by molar-refractivity contribution is 5.10. The first-order valence-electron chi connectivity index (χ1n) is 3.96. The fraction of sp³-hybridized carbons (Fsp3) is 0.750. The van der Waals surface area contributed by atoms with Gasteiger partial charge in [0.25, 0.3) is 6.43 Å². The maximum atomic E-state index is 11.9. The van der Waals surface area contributed by atoms with Gasteiger partial charge >= 0.3 is 0 Å². The number of hydrogen-bond donors (Lipinski definition) is 2. The van der Waals surface area contributed by atoms with Crippen molar-refractivity contribution in [2.45, 2.75) is 38.8 Å². The van der Waals surface area contributed by atoms with Crippen LogP contribution in [0.1, 0.15) is 20.3 Å². The van der Waals surface area contributed by atoms with E-state index in [4.69, 9.17) is 11.5 Å². The third kappa shape index (κ3) is 3.78. The molecule has 0 aliphatic rings. The summed E-state index contributed by atoms with van der Waals surface area (Å²) in [6, 6.07) is -1.35. The molecule has 72 valence electrons. The minimum Gasteiger partial charge on any atom is -0.324 e. The van der Waals surface area contributed by atoms with Gasteiger partial charge in [-0.3, -0.25) is 0 Å². The maximum absolute atomic E-state index is 11.9. The van der Waals surface area contributed by atoms with Crippen LogP contribution in [0.3, 0.4) is 0 Å². The predicted molar refractivity (Wildman–Crippen MR) is 46.0 cm³/mol. The molecule has 0 radical (unpaired) electrons. The molecule has 2 unspecified atom stereocenters. The Morgan fingerprint density at radius 1 is 1.42 bits per heavy atom. The van der Waals surface area contributed by atoms with Crippen LogP contribution in [0.5, 0.6) is 0 Å². The number of nitrogens with two attached hydrogens (primary N) is 2. The van der Waals surface area contributed by atoms with Gasteiger partial charge in [0, 0.05) is 6.04 Å². The summed E-state index contributed by atoms with van der Waals surface area (Å²) in [4.78, 5) is 0. The molecule has 0 aromatic heterocycles. The molecule has 0 saturated heterocycles. The summed E-state index contributed by atoms with van der Waals surface area (Å²) in [5.74, 6) is 0. The van der Waals surface area contributed by atoms with Gasteiger partial charge < -0.3 is 11.5 Å². The zero-order valence-corrected chi connectivity index (χ0v) is 7.43. The summed E-state index contributed by atoms with van der Waals surface area (Å²) in [7, 11) is 0. The molecule has 2 atom stereocenters. The van der Waals surface area contributed by atoms with E-state index in [1.165, 1.54) is 6.08 Å². The van der Waals surface area contributed by atoms with Crippen molar-refractivity contribution in [2.75, 3.05) is 0 Å². The van der Waals surface area contributed by atoms with E-state index in [0.717, 1.165) is 12.0 Å². The number of rotatable bonds is 4. The van der Waals surface area contributed by atoms with E-state index in [2.05, 4.69) is 0 Å². The van der Waals surface area contributed by atoms with Gasteiger partial charge in [-0.1, -0.05) is 18.6 Å². The minimum absolute atomic E-state index is 0.158. The predicted octanol–water partition coefficient (Wildman–Crippen LogP) is 1.26. The summed E-state index contributed by atoms with van der Waals surface area (Å²) in [5.41, 5.74) is 11.5. The van der Waals surface area contributed by atoms with Crippen LogP contribution in [-0.2, 0) is 0 Å². The van der Waals surface area contributed by atoms with E-state index in [9.17, 15) is 8.78 Å². The van der Waals surface area contributed by atoms with E-state index >= 15 is 0 Å². The highest BCUT2D eigenvalue weighted by atomic mass is 19.3. The van der Waals surface area contributed by atoms with Crippen molar-refractivity contribution in [2.24, 2.45) is 11.5 Å². The molecule has 0 fully saturated rings. The molecule has 12 heavy (non-hydrogen) atoms. The molecular weight excluding hydrogens is 162 g/mol. The van der Waals surface area contributed by atoms with Crippen LogP contribution in [-0.4, -0.2) is 18.5 Å². The molecule has 4 N–H and O–H groups in total. The SMILES string of the molecule is CCC(N)/C(C)=C/C(N)C(F)F. The lowest BCUT2D eigenvalue weighted by molar-refractivity contribution is 0.133. The third-order valence-electron chi connectivity index (χ3n) is 1.77. The van der Waals surface area contributed by atoms with Gasteiger partial charge in [-0.15, -0.1) is 0 Å². The van der Waals surface area contributed by atoms with Gasteiger partial charge in [-0.25, -0.2) is 8.78 Å². The molecule has 0 rings (SSSR count). The Bertz CT molecular complexity index is 157. The fourth-order valence-electron chi connectivity index (χ4n) is 0.822. The van der Waals surface area contributed by atoms with Crippen molar-refractivity contribution in [3.63, 3.8) is 0 Å². The van der Waals surface area contributed by atoms with Crippen molar-refractivity contribution >= 4 is 0 Å². The molecule has 0 amide bonds. The maximum Gasteiger partial charge on any atom is 0.257 e. The normalized spacial score (nSPS) is 18.1. The van der Waals surface area contributed by atoms with E-state index in [1.54, 1.807) is 6.92 Å². The van der Waals surface area contributed by atoms with Crippen LogP contribution in [0, 0.1) is 0 Å². The second-order valence-electron chi connectivity index (χ2n) is 2.84. The van der Waals surface area contributed by atoms with Crippen LogP contribution in [0.2, 0.25) is 0 Å². The Labute approximate surface area is 71.6 Å². The van der Waals surface area contributed by atoms with Gasteiger partial charge in [-0.05, 0) is 13.3 Å². The van der Waals surface area contributed by atoms with E-state index in [0.29, 0.717) is 0 Å². The summed E-state index contributed by atoms with van der Waals surface area (Å²) < 4.78 is 23.9. The smallest absolute Gasteiger partial charge is 0.257 e. The first-order chi connectivity index (χ1) is 5.49. The number of hydrogen-bond acceptors (Lipinski definition) is 2. The Kier molecular flexibility index (Phi) is 5.01. The average molecular weight is 178 g/mol. The molecular formula is C8H16F2N2. The lowest BCUT2D eigenvalue weighted by Gasteiger charge is -2.12. The van der Waals surface area contributed by atoms with Crippen molar-refractivity contribution < 1.29 is 8.78 Å². The highest BCUT2D eigenvalue weighted by Crippen LogP contribution is 2.07. The molecule has 2 nitrogen and oxygen atoms in total. The lowest BCUT2D eigenvalue weighted by Crippen LogP contribution is -2.29. The molecule has 0 spiro atoms. The third-order valence-corrected chi connectivity index (χ3v) is 1.77. The molecule has 0 bridgehead atoms.